The molecule has 0 aliphatic carbocycles. The summed E-state index contributed by atoms with van der Waals surface area (Å²) in [7, 11) is 0. The van der Waals surface area contributed by atoms with E-state index in [1.807, 2.05) is 18.2 Å². The van der Waals surface area contributed by atoms with Gasteiger partial charge in [-0.3, -0.25) is 0 Å². The van der Waals surface area contributed by atoms with Gasteiger partial charge in [-0.1, -0.05) is 6.92 Å². The molecule has 0 amide bonds. The summed E-state index contributed by atoms with van der Waals surface area (Å²) in [5, 5.41) is 0. The number of hydrogen-bond acceptors (Lipinski definition) is 4. The standard InChI is InChI=1S/C13H13BrClN3O/c1-2-8-19-10-4-5-11(14)12(9-10)18(15)13-16-6-3-7-17-13/h3-7,9H,2,8H2,1H3. The maximum absolute atomic E-state index is 6.27. The molecule has 4 nitrogen and oxygen atoms in total. The Morgan fingerprint density at radius 3 is 2.74 bits per heavy atom. The average molecular weight is 343 g/mol. The molecular weight excluding hydrogens is 330 g/mol. The fourth-order valence-electron chi connectivity index (χ4n) is 1.45. The van der Waals surface area contributed by atoms with Crippen LogP contribution in [0.3, 0.4) is 0 Å². The van der Waals surface area contributed by atoms with Crippen molar-refractivity contribution in [1.82, 2.24) is 9.97 Å². The van der Waals surface area contributed by atoms with Crippen molar-refractivity contribution in [2.45, 2.75) is 13.3 Å². The molecule has 1 aromatic carbocycles. The van der Waals surface area contributed by atoms with Gasteiger partial charge in [0.05, 0.1) is 12.3 Å². The molecule has 100 valence electrons. The fraction of sp³-hybridized carbons (Fsp3) is 0.231. The Hall–Kier alpha value is -1.33. The molecule has 0 unspecified atom stereocenters. The third kappa shape index (κ3) is 3.58. The lowest BCUT2D eigenvalue weighted by Gasteiger charge is -2.16. The SMILES string of the molecule is CCCOc1ccc(Br)c(N(Cl)c2ncccn2)c1. The van der Waals surface area contributed by atoms with E-state index < -0.39 is 0 Å². The second kappa shape index (κ2) is 6.73. The molecule has 0 saturated heterocycles. The second-order valence-electron chi connectivity index (χ2n) is 3.79. The average Bonchev–Trinajstić information content (AvgIpc) is 2.46. The number of halogens is 2. The van der Waals surface area contributed by atoms with E-state index in [1.54, 1.807) is 18.5 Å². The van der Waals surface area contributed by atoms with Crippen LogP contribution in [-0.2, 0) is 0 Å². The van der Waals surface area contributed by atoms with Gasteiger partial charge in [-0.25, -0.2) is 14.4 Å². The van der Waals surface area contributed by atoms with Gasteiger partial charge in [0.2, 0.25) is 5.95 Å². The maximum atomic E-state index is 6.27. The number of hydrogen-bond donors (Lipinski definition) is 0. The van der Waals surface area contributed by atoms with Gasteiger partial charge >= 0.3 is 0 Å². The molecular formula is C13H13BrClN3O. The summed E-state index contributed by atoms with van der Waals surface area (Å²) in [6.45, 7) is 2.73. The van der Waals surface area contributed by atoms with E-state index in [0.717, 1.165) is 22.3 Å². The minimum atomic E-state index is 0.414. The van der Waals surface area contributed by atoms with Crippen LogP contribution in [0.15, 0.2) is 41.1 Å². The van der Waals surface area contributed by atoms with Gasteiger partial charge in [-0.2, -0.15) is 0 Å². The minimum Gasteiger partial charge on any atom is -0.494 e. The Labute approximate surface area is 125 Å². The van der Waals surface area contributed by atoms with Crippen LogP contribution in [0.2, 0.25) is 0 Å². The molecule has 6 heteroatoms. The first-order chi connectivity index (χ1) is 9.22. The number of anilines is 2. The molecule has 19 heavy (non-hydrogen) atoms. The van der Waals surface area contributed by atoms with E-state index in [1.165, 1.54) is 4.42 Å². The summed E-state index contributed by atoms with van der Waals surface area (Å²) in [5.74, 6) is 1.18. The van der Waals surface area contributed by atoms with E-state index >= 15 is 0 Å². The summed E-state index contributed by atoms with van der Waals surface area (Å²) in [5.41, 5.74) is 0.737. The lowest BCUT2D eigenvalue weighted by atomic mass is 10.3. The molecule has 0 aliphatic heterocycles. The van der Waals surface area contributed by atoms with Gasteiger partial charge in [-0.15, -0.1) is 0 Å². The Balaban J connectivity index is 2.28. The van der Waals surface area contributed by atoms with Crippen LogP contribution < -0.4 is 9.16 Å². The van der Waals surface area contributed by atoms with Crippen molar-refractivity contribution < 1.29 is 4.74 Å². The number of rotatable bonds is 5. The van der Waals surface area contributed by atoms with Gasteiger partial charge in [-0.05, 0) is 40.5 Å². The third-order valence-electron chi connectivity index (χ3n) is 2.33. The van der Waals surface area contributed by atoms with Crippen LogP contribution in [0.4, 0.5) is 11.6 Å². The topological polar surface area (TPSA) is 38.2 Å². The van der Waals surface area contributed by atoms with Crippen molar-refractivity contribution in [3.63, 3.8) is 0 Å². The van der Waals surface area contributed by atoms with Crippen LogP contribution in [-0.4, -0.2) is 16.6 Å². The number of ether oxygens (including phenoxy) is 1. The first kappa shape index (κ1) is 14.1. The smallest absolute Gasteiger partial charge is 0.245 e. The van der Waals surface area contributed by atoms with Gasteiger partial charge in [0.25, 0.3) is 0 Å². The third-order valence-corrected chi connectivity index (χ3v) is 3.33. The molecule has 1 heterocycles. The summed E-state index contributed by atoms with van der Waals surface area (Å²) >= 11 is 9.72. The summed E-state index contributed by atoms with van der Waals surface area (Å²) in [6.07, 6.45) is 4.24. The Kier molecular flexibility index (Phi) is 4.99. The zero-order valence-corrected chi connectivity index (χ0v) is 12.7. The number of aromatic nitrogens is 2. The van der Waals surface area contributed by atoms with Gasteiger partial charge in [0, 0.05) is 34.7 Å². The first-order valence-corrected chi connectivity index (χ1v) is 7.00. The van der Waals surface area contributed by atoms with Crippen LogP contribution >= 0.6 is 27.7 Å². The molecule has 1 aromatic heterocycles. The zero-order valence-electron chi connectivity index (χ0n) is 10.4. The van der Waals surface area contributed by atoms with Crippen LogP contribution in [0.5, 0.6) is 5.75 Å². The van der Waals surface area contributed by atoms with E-state index in [-0.39, 0.29) is 0 Å². The lowest BCUT2D eigenvalue weighted by molar-refractivity contribution is 0.317. The van der Waals surface area contributed by atoms with Crippen LogP contribution in [0.1, 0.15) is 13.3 Å². The molecule has 0 bridgehead atoms. The predicted octanol–water partition coefficient (Wildman–Crippen LogP) is 4.32. The predicted molar refractivity (Wildman–Crippen MR) is 80.0 cm³/mol. The van der Waals surface area contributed by atoms with E-state index in [4.69, 9.17) is 16.5 Å². The molecule has 0 atom stereocenters. The highest BCUT2D eigenvalue weighted by Gasteiger charge is 2.13. The van der Waals surface area contributed by atoms with E-state index in [0.29, 0.717) is 12.6 Å². The highest BCUT2D eigenvalue weighted by atomic mass is 79.9. The van der Waals surface area contributed by atoms with E-state index in [2.05, 4.69) is 32.8 Å². The first-order valence-electron chi connectivity index (χ1n) is 5.87. The Morgan fingerprint density at radius 1 is 1.32 bits per heavy atom. The molecule has 2 rings (SSSR count). The second-order valence-corrected chi connectivity index (χ2v) is 4.98. The normalized spacial score (nSPS) is 10.3. The van der Waals surface area contributed by atoms with Crippen molar-refractivity contribution in [2.75, 3.05) is 11.0 Å². The highest BCUT2D eigenvalue weighted by molar-refractivity contribution is 9.10. The van der Waals surface area contributed by atoms with Crippen LogP contribution in [0.25, 0.3) is 0 Å². The lowest BCUT2D eigenvalue weighted by Crippen LogP contribution is -2.07. The van der Waals surface area contributed by atoms with Crippen molar-refractivity contribution in [1.29, 1.82) is 0 Å². The zero-order chi connectivity index (χ0) is 13.7. The molecule has 0 radical (unpaired) electrons. The summed E-state index contributed by atoms with van der Waals surface area (Å²) in [4.78, 5) is 8.22. The van der Waals surface area contributed by atoms with Crippen LogP contribution in [0, 0.1) is 0 Å². The van der Waals surface area contributed by atoms with E-state index in [9.17, 15) is 0 Å². The van der Waals surface area contributed by atoms with Crippen molar-refractivity contribution in [3.05, 3.63) is 41.1 Å². The Morgan fingerprint density at radius 2 is 2.05 bits per heavy atom. The molecule has 2 aromatic rings. The monoisotopic (exact) mass is 341 g/mol. The van der Waals surface area contributed by atoms with Gasteiger partial charge < -0.3 is 4.74 Å². The largest absolute Gasteiger partial charge is 0.494 e. The quantitative estimate of drug-likeness (QED) is 0.759. The van der Waals surface area contributed by atoms with Crippen molar-refractivity contribution >= 4 is 39.3 Å². The Bertz CT molecular complexity index is 539. The highest BCUT2D eigenvalue weighted by Crippen LogP contribution is 2.34. The molecule has 0 aliphatic rings. The molecule has 0 fully saturated rings. The minimum absolute atomic E-state index is 0.414. The molecule has 0 saturated carbocycles. The van der Waals surface area contributed by atoms with Gasteiger partial charge in [0.15, 0.2) is 0 Å². The summed E-state index contributed by atoms with van der Waals surface area (Å²) < 4.78 is 7.83. The maximum Gasteiger partial charge on any atom is 0.245 e. The molecule has 0 spiro atoms. The van der Waals surface area contributed by atoms with Crippen molar-refractivity contribution in [2.24, 2.45) is 0 Å². The summed E-state index contributed by atoms with van der Waals surface area (Å²) in [6, 6.07) is 7.37. The number of nitrogens with zero attached hydrogens (tertiary/aromatic N) is 3. The number of benzene rings is 1. The van der Waals surface area contributed by atoms with Crippen molar-refractivity contribution in [3.8, 4) is 5.75 Å². The van der Waals surface area contributed by atoms with Gasteiger partial charge in [0.1, 0.15) is 5.75 Å². The fourth-order valence-corrected chi connectivity index (χ4v) is 2.21. The molecule has 0 N–H and O–H groups in total.